The van der Waals surface area contributed by atoms with Crippen LogP contribution in [0.1, 0.15) is 37.3 Å². The summed E-state index contributed by atoms with van der Waals surface area (Å²) in [7, 11) is 2.20. The molecule has 2 atom stereocenters. The molecule has 1 fully saturated rings. The van der Waals surface area contributed by atoms with Crippen LogP contribution in [0.3, 0.4) is 0 Å². The van der Waals surface area contributed by atoms with E-state index in [9.17, 15) is 0 Å². The molecule has 3 heteroatoms. The molecule has 2 N–H and O–H groups in total. The van der Waals surface area contributed by atoms with E-state index in [-0.39, 0.29) is 0 Å². The van der Waals surface area contributed by atoms with Gasteiger partial charge in [0, 0.05) is 44.5 Å². The van der Waals surface area contributed by atoms with Crippen molar-refractivity contribution in [3.8, 4) is 0 Å². The van der Waals surface area contributed by atoms with Gasteiger partial charge in [-0.3, -0.25) is 4.90 Å². The minimum absolute atomic E-state index is 0.401. The lowest BCUT2D eigenvalue weighted by molar-refractivity contribution is 0.140. The number of nitrogens with zero attached hydrogens (tertiary/aromatic N) is 2. The van der Waals surface area contributed by atoms with Crippen LogP contribution in [0.5, 0.6) is 0 Å². The molecule has 0 aromatic heterocycles. The maximum atomic E-state index is 6.05. The van der Waals surface area contributed by atoms with Crippen molar-refractivity contribution in [2.24, 2.45) is 5.73 Å². The maximum absolute atomic E-state index is 6.05. The number of benzene rings is 1. The summed E-state index contributed by atoms with van der Waals surface area (Å²) in [6.07, 6.45) is 4.78. The summed E-state index contributed by atoms with van der Waals surface area (Å²) >= 11 is 0. The van der Waals surface area contributed by atoms with Crippen molar-refractivity contribution >= 4 is 5.69 Å². The summed E-state index contributed by atoms with van der Waals surface area (Å²) < 4.78 is 0. The molecule has 2 aliphatic rings. The van der Waals surface area contributed by atoms with E-state index in [4.69, 9.17) is 5.73 Å². The zero-order valence-electron chi connectivity index (χ0n) is 12.8. The number of aryl methyl sites for hydroxylation is 1. The first-order valence-corrected chi connectivity index (χ1v) is 7.96. The largest absolute Gasteiger partial charge is 0.374 e. The molecule has 1 aromatic rings. The highest BCUT2D eigenvalue weighted by atomic mass is 15.2. The van der Waals surface area contributed by atoms with E-state index in [1.165, 1.54) is 36.2 Å². The number of hydrogen-bond donors (Lipinski definition) is 1. The van der Waals surface area contributed by atoms with Gasteiger partial charge in [-0.15, -0.1) is 0 Å². The Bertz CT molecular complexity index is 471. The molecule has 2 heterocycles. The third-order valence-corrected chi connectivity index (χ3v) is 4.93. The van der Waals surface area contributed by atoms with Crippen LogP contribution in [-0.4, -0.2) is 37.1 Å². The first-order valence-electron chi connectivity index (χ1n) is 7.96. The molecule has 2 unspecified atom stereocenters. The van der Waals surface area contributed by atoms with Gasteiger partial charge in [0.05, 0.1) is 0 Å². The fourth-order valence-corrected chi connectivity index (χ4v) is 3.66. The molecule has 0 radical (unpaired) electrons. The lowest BCUT2D eigenvalue weighted by atomic mass is 9.96. The number of rotatable bonds is 2. The zero-order chi connectivity index (χ0) is 14.1. The van der Waals surface area contributed by atoms with Crippen LogP contribution in [0.25, 0.3) is 0 Å². The summed E-state index contributed by atoms with van der Waals surface area (Å²) in [6.45, 7) is 5.71. The van der Waals surface area contributed by atoms with Gasteiger partial charge >= 0.3 is 0 Å². The SMILES string of the molecule is CC1CC(N)CCN1Cc1ccc2c(c1)CCCN2C. The fourth-order valence-electron chi connectivity index (χ4n) is 3.66. The Hall–Kier alpha value is -1.06. The molecule has 1 saturated heterocycles. The van der Waals surface area contributed by atoms with Crippen LogP contribution in [0, 0.1) is 0 Å². The Labute approximate surface area is 122 Å². The van der Waals surface area contributed by atoms with Crippen molar-refractivity contribution in [2.75, 3.05) is 25.0 Å². The molecular formula is C17H27N3. The van der Waals surface area contributed by atoms with E-state index in [2.05, 4.69) is 42.0 Å². The lowest BCUT2D eigenvalue weighted by Gasteiger charge is -2.36. The Balaban J connectivity index is 1.72. The summed E-state index contributed by atoms with van der Waals surface area (Å²) in [6, 6.07) is 8.05. The van der Waals surface area contributed by atoms with Crippen LogP contribution in [0.4, 0.5) is 5.69 Å². The van der Waals surface area contributed by atoms with Gasteiger partial charge in [-0.25, -0.2) is 0 Å². The molecule has 0 bridgehead atoms. The van der Waals surface area contributed by atoms with Crippen LogP contribution in [-0.2, 0) is 13.0 Å². The normalized spacial score (nSPS) is 27.4. The first kappa shape index (κ1) is 13.9. The van der Waals surface area contributed by atoms with E-state index in [0.29, 0.717) is 12.1 Å². The Morgan fingerprint density at radius 3 is 2.95 bits per heavy atom. The molecule has 1 aromatic carbocycles. The average molecular weight is 273 g/mol. The van der Waals surface area contributed by atoms with Crippen LogP contribution in [0.15, 0.2) is 18.2 Å². The van der Waals surface area contributed by atoms with Crippen molar-refractivity contribution in [3.05, 3.63) is 29.3 Å². The second-order valence-corrected chi connectivity index (χ2v) is 6.59. The Kier molecular flexibility index (Phi) is 3.99. The third-order valence-electron chi connectivity index (χ3n) is 4.93. The number of piperidine rings is 1. The molecular weight excluding hydrogens is 246 g/mol. The number of anilines is 1. The van der Waals surface area contributed by atoms with Crippen LogP contribution < -0.4 is 10.6 Å². The summed E-state index contributed by atoms with van der Waals surface area (Å²) in [4.78, 5) is 4.96. The fraction of sp³-hybridized carbons (Fsp3) is 0.647. The minimum Gasteiger partial charge on any atom is -0.374 e. The van der Waals surface area contributed by atoms with Gasteiger partial charge in [0.2, 0.25) is 0 Å². The second-order valence-electron chi connectivity index (χ2n) is 6.59. The van der Waals surface area contributed by atoms with E-state index in [1.807, 2.05) is 0 Å². The van der Waals surface area contributed by atoms with Crippen molar-refractivity contribution in [1.29, 1.82) is 0 Å². The van der Waals surface area contributed by atoms with Crippen molar-refractivity contribution in [2.45, 2.75) is 51.2 Å². The number of fused-ring (bicyclic) bond motifs is 1. The zero-order valence-corrected chi connectivity index (χ0v) is 12.8. The van der Waals surface area contributed by atoms with E-state index in [1.54, 1.807) is 0 Å². The van der Waals surface area contributed by atoms with Crippen molar-refractivity contribution in [1.82, 2.24) is 4.90 Å². The standard InChI is InChI=1S/C17H27N3/c1-13-10-16(18)7-9-20(13)12-14-5-6-17-15(11-14)4-3-8-19(17)2/h5-6,11,13,16H,3-4,7-10,12,18H2,1-2H3. The predicted octanol–water partition coefficient (Wildman–Crippen LogP) is 2.38. The summed E-state index contributed by atoms with van der Waals surface area (Å²) in [5.41, 5.74) is 10.5. The van der Waals surface area contributed by atoms with E-state index >= 15 is 0 Å². The Morgan fingerprint density at radius 1 is 1.30 bits per heavy atom. The highest BCUT2D eigenvalue weighted by Gasteiger charge is 2.23. The average Bonchev–Trinajstić information content (AvgIpc) is 2.42. The van der Waals surface area contributed by atoms with Gasteiger partial charge in [-0.05, 0) is 49.8 Å². The van der Waals surface area contributed by atoms with Gasteiger partial charge in [0.1, 0.15) is 0 Å². The van der Waals surface area contributed by atoms with Gasteiger partial charge in [0.25, 0.3) is 0 Å². The van der Waals surface area contributed by atoms with Crippen molar-refractivity contribution < 1.29 is 0 Å². The first-order chi connectivity index (χ1) is 9.63. The van der Waals surface area contributed by atoms with E-state index in [0.717, 1.165) is 25.9 Å². The summed E-state index contributed by atoms with van der Waals surface area (Å²) in [5.74, 6) is 0. The predicted molar refractivity (Wildman–Crippen MR) is 85.1 cm³/mol. The third kappa shape index (κ3) is 2.84. The molecule has 0 amide bonds. The molecule has 0 spiro atoms. The maximum Gasteiger partial charge on any atom is 0.0396 e. The molecule has 0 aliphatic carbocycles. The highest BCUT2D eigenvalue weighted by molar-refractivity contribution is 5.56. The van der Waals surface area contributed by atoms with Crippen LogP contribution in [0.2, 0.25) is 0 Å². The monoisotopic (exact) mass is 273 g/mol. The molecule has 110 valence electrons. The molecule has 2 aliphatic heterocycles. The highest BCUT2D eigenvalue weighted by Crippen LogP contribution is 2.28. The van der Waals surface area contributed by atoms with Crippen LogP contribution >= 0.6 is 0 Å². The van der Waals surface area contributed by atoms with Crippen molar-refractivity contribution in [3.63, 3.8) is 0 Å². The quantitative estimate of drug-likeness (QED) is 0.898. The van der Waals surface area contributed by atoms with Gasteiger partial charge in [0.15, 0.2) is 0 Å². The molecule has 20 heavy (non-hydrogen) atoms. The molecule has 0 saturated carbocycles. The summed E-state index contributed by atoms with van der Waals surface area (Å²) in [5, 5.41) is 0. The van der Waals surface area contributed by atoms with Gasteiger partial charge in [-0.2, -0.15) is 0 Å². The smallest absolute Gasteiger partial charge is 0.0396 e. The Morgan fingerprint density at radius 2 is 2.15 bits per heavy atom. The number of nitrogens with two attached hydrogens (primary N) is 1. The van der Waals surface area contributed by atoms with E-state index < -0.39 is 0 Å². The second kappa shape index (κ2) is 5.74. The number of hydrogen-bond acceptors (Lipinski definition) is 3. The van der Waals surface area contributed by atoms with Gasteiger partial charge < -0.3 is 10.6 Å². The number of likely N-dealkylation sites (tertiary alicyclic amines) is 1. The van der Waals surface area contributed by atoms with Gasteiger partial charge in [-0.1, -0.05) is 12.1 Å². The molecule has 3 rings (SSSR count). The topological polar surface area (TPSA) is 32.5 Å². The lowest BCUT2D eigenvalue weighted by Crippen LogP contribution is -2.44. The molecule has 3 nitrogen and oxygen atoms in total. The minimum atomic E-state index is 0.401.